The van der Waals surface area contributed by atoms with Gasteiger partial charge in [-0.15, -0.1) is 0 Å². The quantitative estimate of drug-likeness (QED) is 0.799. The summed E-state index contributed by atoms with van der Waals surface area (Å²) in [5, 5.41) is 8.52. The number of hydrogen-bond acceptors (Lipinski definition) is 2. The third-order valence-electron chi connectivity index (χ3n) is 2.02. The highest BCUT2D eigenvalue weighted by Crippen LogP contribution is 2.31. The van der Waals surface area contributed by atoms with Crippen molar-refractivity contribution in [3.63, 3.8) is 0 Å². The average Bonchev–Trinajstić information content (AvgIpc) is 2.18. The van der Waals surface area contributed by atoms with Crippen molar-refractivity contribution in [3.8, 4) is 0 Å². The largest absolute Gasteiger partial charge is 0.416 e. The highest BCUT2D eigenvalue weighted by Gasteiger charge is 2.43. The topological polar surface area (TPSA) is 46.2 Å². The summed E-state index contributed by atoms with van der Waals surface area (Å²) < 4.78 is 49.7. The van der Waals surface area contributed by atoms with Crippen molar-refractivity contribution >= 4 is 11.6 Å². The molecule has 0 spiro atoms. The second kappa shape index (κ2) is 4.57. The lowest BCUT2D eigenvalue weighted by atomic mass is 10.0. The predicted octanol–water partition coefficient (Wildman–Crippen LogP) is 2.40. The van der Waals surface area contributed by atoms with Crippen LogP contribution in [0.5, 0.6) is 0 Å². The van der Waals surface area contributed by atoms with Crippen molar-refractivity contribution in [2.75, 3.05) is 0 Å². The fourth-order valence-corrected chi connectivity index (χ4v) is 1.33. The van der Waals surface area contributed by atoms with Gasteiger partial charge in [0.25, 0.3) is 0 Å². The first-order chi connectivity index (χ1) is 7.25. The molecule has 0 saturated carbocycles. The average molecular weight is 258 g/mol. The number of benzene rings is 1. The summed E-state index contributed by atoms with van der Waals surface area (Å²) in [5.41, 5.74) is 4.65. The maximum atomic E-state index is 13.3. The molecule has 2 atom stereocenters. The number of aliphatic hydroxyl groups excluding tert-OH is 1. The summed E-state index contributed by atoms with van der Waals surface area (Å²) in [7, 11) is 0. The molecule has 1 aromatic carbocycles. The maximum absolute atomic E-state index is 13.3. The number of halogens is 5. The first-order valence-corrected chi connectivity index (χ1v) is 4.57. The van der Waals surface area contributed by atoms with Gasteiger partial charge in [0, 0.05) is 5.56 Å². The van der Waals surface area contributed by atoms with Crippen molar-refractivity contribution in [1.29, 1.82) is 0 Å². The van der Waals surface area contributed by atoms with E-state index in [0.717, 1.165) is 6.07 Å². The molecule has 7 heteroatoms. The fourth-order valence-electron chi connectivity index (χ4n) is 1.15. The number of alkyl halides is 3. The summed E-state index contributed by atoms with van der Waals surface area (Å²) in [4.78, 5) is 0. The van der Waals surface area contributed by atoms with Gasteiger partial charge in [-0.3, -0.25) is 0 Å². The van der Waals surface area contributed by atoms with E-state index in [1.807, 2.05) is 0 Å². The second-order valence-corrected chi connectivity index (χ2v) is 3.56. The molecular formula is C9H8ClF4NO. The molecule has 1 aromatic rings. The molecule has 0 radical (unpaired) electrons. The minimum atomic E-state index is -4.91. The van der Waals surface area contributed by atoms with Gasteiger partial charge >= 0.3 is 6.18 Å². The van der Waals surface area contributed by atoms with Gasteiger partial charge < -0.3 is 10.8 Å². The Balaban J connectivity index is 3.06. The van der Waals surface area contributed by atoms with Gasteiger partial charge in [-0.05, 0) is 6.07 Å². The standard InChI is InChI=1S/C9H8ClF4NO/c10-5-3-1-2-4(6(5)11)7(15)8(16)9(12,13)14/h1-3,7-8,16H,15H2/t7-,8-/m1/s1. The van der Waals surface area contributed by atoms with Crippen molar-refractivity contribution in [1.82, 2.24) is 0 Å². The third-order valence-corrected chi connectivity index (χ3v) is 2.31. The molecule has 0 saturated heterocycles. The lowest BCUT2D eigenvalue weighted by Crippen LogP contribution is -2.39. The summed E-state index contributed by atoms with van der Waals surface area (Å²) in [6, 6.07) is 1.57. The highest BCUT2D eigenvalue weighted by atomic mass is 35.5. The normalized spacial score (nSPS) is 15.9. The molecule has 0 heterocycles. The Kier molecular flexibility index (Phi) is 3.77. The smallest absolute Gasteiger partial charge is 0.382 e. The molecule has 0 unspecified atom stereocenters. The molecule has 1 rings (SSSR count). The summed E-state index contributed by atoms with van der Waals surface area (Å²) in [6.07, 6.45) is -7.74. The van der Waals surface area contributed by atoms with Crippen LogP contribution in [0.3, 0.4) is 0 Å². The van der Waals surface area contributed by atoms with Gasteiger partial charge in [0.05, 0.1) is 11.1 Å². The van der Waals surface area contributed by atoms with Crippen LogP contribution in [-0.2, 0) is 0 Å². The van der Waals surface area contributed by atoms with Crippen LogP contribution in [0.2, 0.25) is 5.02 Å². The highest BCUT2D eigenvalue weighted by molar-refractivity contribution is 6.30. The van der Waals surface area contributed by atoms with E-state index in [0.29, 0.717) is 0 Å². The zero-order chi connectivity index (χ0) is 12.5. The minimum Gasteiger partial charge on any atom is -0.382 e. The number of hydrogen-bond donors (Lipinski definition) is 2. The predicted molar refractivity (Wildman–Crippen MR) is 50.4 cm³/mol. The third kappa shape index (κ3) is 2.63. The zero-order valence-electron chi connectivity index (χ0n) is 7.80. The molecule has 16 heavy (non-hydrogen) atoms. The Hall–Kier alpha value is -0.850. The Morgan fingerprint density at radius 2 is 1.88 bits per heavy atom. The first kappa shape index (κ1) is 13.2. The lowest BCUT2D eigenvalue weighted by molar-refractivity contribution is -0.210. The lowest BCUT2D eigenvalue weighted by Gasteiger charge is -2.22. The Bertz CT molecular complexity index is 382. The van der Waals surface area contributed by atoms with Crippen LogP contribution in [0.25, 0.3) is 0 Å². The molecule has 2 nitrogen and oxygen atoms in total. The van der Waals surface area contributed by atoms with Gasteiger partial charge in [0.1, 0.15) is 5.82 Å². The summed E-state index contributed by atoms with van der Waals surface area (Å²) >= 11 is 5.38. The molecule has 0 amide bonds. The van der Waals surface area contributed by atoms with Gasteiger partial charge in [-0.25, -0.2) is 4.39 Å². The van der Waals surface area contributed by atoms with E-state index in [1.165, 1.54) is 12.1 Å². The summed E-state index contributed by atoms with van der Waals surface area (Å²) in [5.74, 6) is -1.06. The molecule has 0 aliphatic heterocycles. The Labute approximate surface area is 93.6 Å². The molecule has 90 valence electrons. The molecule has 0 fully saturated rings. The first-order valence-electron chi connectivity index (χ1n) is 4.19. The van der Waals surface area contributed by atoms with Crippen LogP contribution in [0, 0.1) is 5.82 Å². The van der Waals surface area contributed by atoms with Crippen molar-refractivity contribution < 1.29 is 22.7 Å². The number of aliphatic hydroxyl groups is 1. The molecule has 0 bridgehead atoms. The van der Waals surface area contributed by atoms with Crippen LogP contribution in [0.4, 0.5) is 17.6 Å². The van der Waals surface area contributed by atoms with Gasteiger partial charge in [-0.2, -0.15) is 13.2 Å². The van der Waals surface area contributed by atoms with Crippen LogP contribution in [-0.4, -0.2) is 17.4 Å². The van der Waals surface area contributed by atoms with Gasteiger partial charge in [-0.1, -0.05) is 23.7 Å². The molecule has 0 aliphatic carbocycles. The molecule has 0 aromatic heterocycles. The maximum Gasteiger partial charge on any atom is 0.416 e. The van der Waals surface area contributed by atoms with E-state index in [1.54, 1.807) is 0 Å². The van der Waals surface area contributed by atoms with Crippen LogP contribution < -0.4 is 5.73 Å². The van der Waals surface area contributed by atoms with Crippen LogP contribution in [0.15, 0.2) is 18.2 Å². The van der Waals surface area contributed by atoms with Crippen molar-refractivity contribution in [2.45, 2.75) is 18.3 Å². The molecule has 0 aliphatic rings. The van der Waals surface area contributed by atoms with Gasteiger partial charge in [0.2, 0.25) is 0 Å². The molecular weight excluding hydrogens is 250 g/mol. The van der Waals surface area contributed by atoms with E-state index in [2.05, 4.69) is 0 Å². The zero-order valence-corrected chi connectivity index (χ0v) is 8.56. The Morgan fingerprint density at radius 1 is 1.31 bits per heavy atom. The van der Waals surface area contributed by atoms with E-state index < -0.39 is 29.7 Å². The van der Waals surface area contributed by atoms with E-state index >= 15 is 0 Å². The van der Waals surface area contributed by atoms with Gasteiger partial charge in [0.15, 0.2) is 6.10 Å². The van der Waals surface area contributed by atoms with E-state index in [4.69, 9.17) is 22.4 Å². The monoisotopic (exact) mass is 257 g/mol. The van der Waals surface area contributed by atoms with Crippen LogP contribution >= 0.6 is 11.6 Å². The van der Waals surface area contributed by atoms with Crippen LogP contribution in [0.1, 0.15) is 11.6 Å². The second-order valence-electron chi connectivity index (χ2n) is 3.16. The van der Waals surface area contributed by atoms with E-state index in [-0.39, 0.29) is 5.02 Å². The number of rotatable bonds is 2. The number of nitrogens with two attached hydrogens (primary N) is 1. The van der Waals surface area contributed by atoms with E-state index in [9.17, 15) is 17.6 Å². The SMILES string of the molecule is N[C@H](c1cccc(Cl)c1F)[C@@H](O)C(F)(F)F. The minimum absolute atomic E-state index is 0.345. The fraction of sp³-hybridized carbons (Fsp3) is 0.333. The van der Waals surface area contributed by atoms with Crippen molar-refractivity contribution in [2.24, 2.45) is 5.73 Å². The van der Waals surface area contributed by atoms with Crippen molar-refractivity contribution in [3.05, 3.63) is 34.6 Å². The molecule has 3 N–H and O–H groups in total. The Morgan fingerprint density at radius 3 is 2.38 bits per heavy atom. The summed E-state index contributed by atoms with van der Waals surface area (Å²) in [6.45, 7) is 0.